The number of rotatable bonds is 5. The van der Waals surface area contributed by atoms with Gasteiger partial charge in [0.25, 0.3) is 5.91 Å². The number of likely N-dealkylation sites (tertiary alicyclic amines) is 1. The molecule has 4 rings (SSSR count). The predicted molar refractivity (Wildman–Crippen MR) is 113 cm³/mol. The van der Waals surface area contributed by atoms with E-state index in [1.807, 2.05) is 40.9 Å². The van der Waals surface area contributed by atoms with Crippen LogP contribution in [0.2, 0.25) is 0 Å². The van der Waals surface area contributed by atoms with Crippen LogP contribution in [0.3, 0.4) is 0 Å². The third kappa shape index (κ3) is 3.71. The summed E-state index contributed by atoms with van der Waals surface area (Å²) in [6, 6.07) is 0. The van der Waals surface area contributed by atoms with Crippen LogP contribution in [-0.2, 0) is 0 Å². The number of amides is 1. The van der Waals surface area contributed by atoms with Crippen LogP contribution in [0.4, 0.5) is 0 Å². The second-order valence-corrected chi connectivity index (χ2v) is 8.05. The molecule has 1 N–H and O–H groups in total. The van der Waals surface area contributed by atoms with Crippen LogP contribution < -0.4 is 5.32 Å². The minimum atomic E-state index is 0.0114. The summed E-state index contributed by atoms with van der Waals surface area (Å²) in [6.45, 7) is 9.09. The van der Waals surface area contributed by atoms with Crippen LogP contribution in [-0.4, -0.2) is 44.2 Å². The Hall–Kier alpha value is -2.93. The van der Waals surface area contributed by atoms with E-state index in [0.29, 0.717) is 5.69 Å². The van der Waals surface area contributed by atoms with E-state index in [4.69, 9.17) is 0 Å². The Balaban J connectivity index is 1.39. The zero-order chi connectivity index (χ0) is 19.6. The van der Waals surface area contributed by atoms with Crippen molar-refractivity contribution in [1.29, 1.82) is 0 Å². The van der Waals surface area contributed by atoms with Crippen LogP contribution in [0, 0.1) is 0 Å². The zero-order valence-electron chi connectivity index (χ0n) is 15.7. The fourth-order valence-corrected chi connectivity index (χ4v) is 4.45. The average molecular weight is 394 g/mol. The molecule has 0 bridgehead atoms. The summed E-state index contributed by atoms with van der Waals surface area (Å²) in [5, 5.41) is 10.4. The SMILES string of the molecule is C=C/C=C\C=C\n1cc(-c2nc(C(=O)N3CCC4(CC3)CC(=C)N4)cs2)cn1. The molecule has 6 nitrogen and oxygen atoms in total. The van der Waals surface area contributed by atoms with E-state index >= 15 is 0 Å². The lowest BCUT2D eigenvalue weighted by molar-refractivity contribution is 0.0595. The number of carbonyl (C=O) groups excluding carboxylic acids is 1. The molecular weight excluding hydrogens is 370 g/mol. The highest BCUT2D eigenvalue weighted by molar-refractivity contribution is 7.13. The fourth-order valence-electron chi connectivity index (χ4n) is 3.68. The molecule has 2 aromatic heterocycles. The van der Waals surface area contributed by atoms with Crippen molar-refractivity contribution in [3.63, 3.8) is 0 Å². The Morgan fingerprint density at radius 3 is 2.79 bits per heavy atom. The molecule has 0 unspecified atom stereocenters. The zero-order valence-corrected chi connectivity index (χ0v) is 16.5. The van der Waals surface area contributed by atoms with E-state index in [1.54, 1.807) is 17.0 Å². The van der Waals surface area contributed by atoms with Gasteiger partial charge in [-0.05, 0) is 18.9 Å². The van der Waals surface area contributed by atoms with Crippen molar-refractivity contribution in [1.82, 2.24) is 25.0 Å². The predicted octanol–water partition coefficient (Wildman–Crippen LogP) is 3.70. The Labute approximate surface area is 168 Å². The number of hydrogen-bond donors (Lipinski definition) is 1. The molecule has 1 spiro atoms. The van der Waals surface area contributed by atoms with Crippen LogP contribution >= 0.6 is 11.3 Å². The lowest BCUT2D eigenvalue weighted by atomic mass is 9.77. The highest BCUT2D eigenvalue weighted by atomic mass is 32.1. The maximum Gasteiger partial charge on any atom is 0.273 e. The van der Waals surface area contributed by atoms with Crippen LogP contribution in [0.15, 0.2) is 60.9 Å². The number of nitrogens with zero attached hydrogens (tertiary/aromatic N) is 4. The van der Waals surface area contributed by atoms with Gasteiger partial charge in [0.1, 0.15) is 10.7 Å². The molecule has 2 aromatic rings. The van der Waals surface area contributed by atoms with Gasteiger partial charge in [0.2, 0.25) is 0 Å². The molecule has 0 aliphatic carbocycles. The summed E-state index contributed by atoms with van der Waals surface area (Å²) >= 11 is 1.47. The highest BCUT2D eigenvalue weighted by Gasteiger charge is 2.42. The third-order valence-corrected chi connectivity index (χ3v) is 6.06. The molecule has 144 valence electrons. The molecule has 2 fully saturated rings. The van der Waals surface area contributed by atoms with Crippen LogP contribution in [0.5, 0.6) is 0 Å². The monoisotopic (exact) mass is 393 g/mol. The van der Waals surface area contributed by atoms with Crippen molar-refractivity contribution in [3.05, 3.63) is 66.6 Å². The summed E-state index contributed by atoms with van der Waals surface area (Å²) < 4.78 is 1.72. The largest absolute Gasteiger partial charge is 0.383 e. The highest BCUT2D eigenvalue weighted by Crippen LogP contribution is 2.36. The quantitative estimate of drug-likeness (QED) is 0.787. The molecule has 2 aliphatic heterocycles. The van der Waals surface area contributed by atoms with Gasteiger partial charge in [0, 0.05) is 54.1 Å². The first kappa shape index (κ1) is 18.4. The van der Waals surface area contributed by atoms with Crippen molar-refractivity contribution < 1.29 is 4.79 Å². The summed E-state index contributed by atoms with van der Waals surface area (Å²) in [5.74, 6) is 0.0114. The molecule has 1 amide bonds. The van der Waals surface area contributed by atoms with E-state index in [9.17, 15) is 4.79 Å². The second-order valence-electron chi connectivity index (χ2n) is 7.19. The van der Waals surface area contributed by atoms with Crippen molar-refractivity contribution in [2.45, 2.75) is 24.8 Å². The Morgan fingerprint density at radius 2 is 2.07 bits per heavy atom. The molecule has 4 heterocycles. The summed E-state index contributed by atoms with van der Waals surface area (Å²) in [5.41, 5.74) is 2.69. The first-order valence-corrected chi connectivity index (χ1v) is 10.2. The number of allylic oxidation sites excluding steroid dienone is 4. The van der Waals surface area contributed by atoms with Crippen molar-refractivity contribution in [2.24, 2.45) is 0 Å². The van der Waals surface area contributed by atoms with E-state index in [-0.39, 0.29) is 11.4 Å². The minimum absolute atomic E-state index is 0.0114. The van der Waals surface area contributed by atoms with Crippen molar-refractivity contribution in [2.75, 3.05) is 13.1 Å². The molecule has 2 aliphatic rings. The topological polar surface area (TPSA) is 63.1 Å². The second kappa shape index (κ2) is 7.59. The van der Waals surface area contributed by atoms with E-state index in [1.165, 1.54) is 11.3 Å². The van der Waals surface area contributed by atoms with Gasteiger partial charge >= 0.3 is 0 Å². The van der Waals surface area contributed by atoms with Gasteiger partial charge in [0.05, 0.1) is 6.20 Å². The maximum atomic E-state index is 12.8. The lowest BCUT2D eigenvalue weighted by Gasteiger charge is -2.50. The molecule has 28 heavy (non-hydrogen) atoms. The lowest BCUT2D eigenvalue weighted by Crippen LogP contribution is -2.60. The molecule has 0 atom stereocenters. The Morgan fingerprint density at radius 1 is 1.29 bits per heavy atom. The average Bonchev–Trinajstić information content (AvgIpc) is 3.34. The Bertz CT molecular complexity index is 949. The minimum Gasteiger partial charge on any atom is -0.383 e. The fraction of sp³-hybridized carbons (Fsp3) is 0.286. The van der Waals surface area contributed by atoms with Gasteiger partial charge in [-0.25, -0.2) is 9.67 Å². The number of thiazole rings is 1. The number of carbonyl (C=O) groups is 1. The number of aromatic nitrogens is 3. The number of hydrogen-bond acceptors (Lipinski definition) is 5. The summed E-state index contributed by atoms with van der Waals surface area (Å²) in [7, 11) is 0. The van der Waals surface area contributed by atoms with Gasteiger partial charge in [0.15, 0.2) is 0 Å². The number of piperidine rings is 1. The van der Waals surface area contributed by atoms with E-state index in [2.05, 4.69) is 28.6 Å². The van der Waals surface area contributed by atoms with Gasteiger partial charge in [-0.1, -0.05) is 31.4 Å². The smallest absolute Gasteiger partial charge is 0.273 e. The third-order valence-electron chi connectivity index (χ3n) is 5.17. The van der Waals surface area contributed by atoms with Gasteiger partial charge < -0.3 is 10.2 Å². The molecule has 7 heteroatoms. The maximum absolute atomic E-state index is 12.8. The van der Waals surface area contributed by atoms with Crippen LogP contribution in [0.1, 0.15) is 29.8 Å². The standard InChI is InChI=1S/C21H23N5OS/c1-3-4-5-6-9-26-14-17(13-22-26)19-23-18(15-28-19)20(27)25-10-7-21(8-11-25)12-16(2)24-21/h3-6,9,13-15,24H,1-2,7-8,10-12H2/b5-4-,9-6+. The van der Waals surface area contributed by atoms with E-state index in [0.717, 1.165) is 48.6 Å². The summed E-state index contributed by atoms with van der Waals surface area (Å²) in [4.78, 5) is 19.3. The number of nitrogens with one attached hydrogen (secondary N) is 1. The van der Waals surface area contributed by atoms with Gasteiger partial charge in [-0.2, -0.15) is 5.10 Å². The molecule has 2 saturated heterocycles. The first-order chi connectivity index (χ1) is 13.6. The molecule has 0 saturated carbocycles. The van der Waals surface area contributed by atoms with E-state index < -0.39 is 0 Å². The molecular formula is C21H23N5OS. The molecule has 0 radical (unpaired) electrons. The van der Waals surface area contributed by atoms with Crippen molar-refractivity contribution >= 4 is 23.4 Å². The van der Waals surface area contributed by atoms with Gasteiger partial charge in [-0.3, -0.25) is 4.79 Å². The normalized spacial score (nSPS) is 18.6. The first-order valence-electron chi connectivity index (χ1n) is 9.30. The molecule has 0 aromatic carbocycles. The Kier molecular flexibility index (Phi) is 5.00. The van der Waals surface area contributed by atoms with Crippen LogP contribution in [0.25, 0.3) is 16.8 Å². The van der Waals surface area contributed by atoms with Crippen molar-refractivity contribution in [3.8, 4) is 10.6 Å². The van der Waals surface area contributed by atoms with Gasteiger partial charge in [-0.15, -0.1) is 11.3 Å². The summed E-state index contributed by atoms with van der Waals surface area (Å²) in [6.07, 6.45) is 15.8.